The van der Waals surface area contributed by atoms with Gasteiger partial charge in [0.1, 0.15) is 5.75 Å². The van der Waals surface area contributed by atoms with Gasteiger partial charge in [-0.25, -0.2) is 4.79 Å². The van der Waals surface area contributed by atoms with Gasteiger partial charge in [0.25, 0.3) is 0 Å². The van der Waals surface area contributed by atoms with Gasteiger partial charge in [-0.15, -0.1) is 0 Å². The van der Waals surface area contributed by atoms with Crippen molar-refractivity contribution >= 4 is 6.03 Å². The average Bonchev–Trinajstić information content (AvgIpc) is 2.50. The van der Waals surface area contributed by atoms with E-state index in [4.69, 9.17) is 9.47 Å². The number of amides is 2. The summed E-state index contributed by atoms with van der Waals surface area (Å²) in [5.74, 6) is 0.699. The fraction of sp³-hybridized carbons (Fsp3) is 0.625. The van der Waals surface area contributed by atoms with Gasteiger partial charge in [-0.3, -0.25) is 4.98 Å². The molecule has 1 atom stereocenters. The summed E-state index contributed by atoms with van der Waals surface area (Å²) in [5.41, 5.74) is 0.694. The van der Waals surface area contributed by atoms with E-state index in [0.717, 1.165) is 25.0 Å². The zero-order valence-corrected chi connectivity index (χ0v) is 13.5. The largest absolute Gasteiger partial charge is 0.495 e. The van der Waals surface area contributed by atoms with Gasteiger partial charge in [0.2, 0.25) is 0 Å². The highest BCUT2D eigenvalue weighted by atomic mass is 16.5. The lowest BCUT2D eigenvalue weighted by atomic mass is 9.95. The van der Waals surface area contributed by atoms with E-state index in [9.17, 15) is 4.79 Å². The highest BCUT2D eigenvalue weighted by Gasteiger charge is 2.28. The summed E-state index contributed by atoms with van der Waals surface area (Å²) >= 11 is 0. The maximum atomic E-state index is 11.8. The van der Waals surface area contributed by atoms with Crippen LogP contribution in [0.5, 0.6) is 5.75 Å². The van der Waals surface area contributed by atoms with Crippen LogP contribution >= 0.6 is 0 Å². The van der Waals surface area contributed by atoms with Crippen LogP contribution in [0.1, 0.15) is 38.8 Å². The Kier molecular flexibility index (Phi) is 5.60. The van der Waals surface area contributed by atoms with Gasteiger partial charge < -0.3 is 20.1 Å². The topological polar surface area (TPSA) is 72.5 Å². The van der Waals surface area contributed by atoms with Gasteiger partial charge in [0.05, 0.1) is 37.3 Å². The fourth-order valence-corrected chi connectivity index (χ4v) is 2.54. The average molecular weight is 307 g/mol. The van der Waals surface area contributed by atoms with Gasteiger partial charge in [0.15, 0.2) is 0 Å². The lowest BCUT2D eigenvalue weighted by molar-refractivity contribution is -0.103. The van der Waals surface area contributed by atoms with E-state index < -0.39 is 0 Å². The Hall–Kier alpha value is -1.82. The van der Waals surface area contributed by atoms with E-state index in [0.29, 0.717) is 18.8 Å². The minimum Gasteiger partial charge on any atom is -0.495 e. The molecule has 0 spiro atoms. The molecule has 6 nitrogen and oxygen atoms in total. The molecule has 0 bridgehead atoms. The van der Waals surface area contributed by atoms with Crippen molar-refractivity contribution in [1.82, 2.24) is 15.6 Å². The molecule has 1 aliphatic heterocycles. The maximum Gasteiger partial charge on any atom is 0.315 e. The molecule has 1 aromatic rings. The van der Waals surface area contributed by atoms with Crippen molar-refractivity contribution in [3.05, 3.63) is 24.0 Å². The molecular weight excluding hydrogens is 282 g/mol. The van der Waals surface area contributed by atoms with Crippen LogP contribution in [-0.4, -0.2) is 36.4 Å². The lowest BCUT2D eigenvalue weighted by Gasteiger charge is -2.36. The molecule has 1 aromatic heterocycles. The number of urea groups is 1. The van der Waals surface area contributed by atoms with Crippen LogP contribution in [0.25, 0.3) is 0 Å². The van der Waals surface area contributed by atoms with E-state index >= 15 is 0 Å². The Morgan fingerprint density at radius 2 is 2.27 bits per heavy atom. The molecule has 1 fully saturated rings. The van der Waals surface area contributed by atoms with Crippen molar-refractivity contribution in [2.45, 2.75) is 51.4 Å². The number of aromatic nitrogens is 1. The van der Waals surface area contributed by atoms with Crippen LogP contribution in [-0.2, 0) is 11.3 Å². The summed E-state index contributed by atoms with van der Waals surface area (Å²) in [5, 5.41) is 5.64. The van der Waals surface area contributed by atoms with E-state index in [1.807, 2.05) is 12.1 Å². The molecular formula is C16H25N3O3. The van der Waals surface area contributed by atoms with Crippen LogP contribution in [0.4, 0.5) is 4.79 Å². The minimum atomic E-state index is -0.204. The normalized spacial score (nSPS) is 20.2. The molecule has 2 heterocycles. The predicted octanol–water partition coefficient (Wildman–Crippen LogP) is 2.24. The summed E-state index contributed by atoms with van der Waals surface area (Å²) in [6.07, 6.45) is 4.92. The second kappa shape index (κ2) is 7.45. The number of pyridine rings is 1. The first kappa shape index (κ1) is 16.5. The van der Waals surface area contributed by atoms with Gasteiger partial charge in [-0.1, -0.05) is 0 Å². The molecule has 2 rings (SSSR count). The maximum absolute atomic E-state index is 11.8. The Morgan fingerprint density at radius 3 is 2.91 bits per heavy atom. The Balaban J connectivity index is 1.69. The molecule has 122 valence electrons. The number of nitrogens with zero attached hydrogens (tertiary/aromatic N) is 1. The number of hydrogen-bond acceptors (Lipinski definition) is 4. The highest BCUT2D eigenvalue weighted by molar-refractivity contribution is 5.73. The van der Waals surface area contributed by atoms with Crippen LogP contribution in [0.3, 0.4) is 0 Å². The fourth-order valence-electron chi connectivity index (χ4n) is 2.54. The summed E-state index contributed by atoms with van der Waals surface area (Å²) in [6, 6.07) is 3.44. The van der Waals surface area contributed by atoms with Gasteiger partial charge in [0, 0.05) is 6.54 Å². The molecule has 2 amide bonds. The van der Waals surface area contributed by atoms with E-state index in [-0.39, 0.29) is 17.7 Å². The minimum absolute atomic E-state index is 0.0892. The van der Waals surface area contributed by atoms with Gasteiger partial charge in [-0.05, 0) is 45.2 Å². The molecule has 22 heavy (non-hydrogen) atoms. The molecule has 1 unspecified atom stereocenters. The number of carbonyl (C=O) groups excluding carboxylic acids is 1. The second-order valence-electron chi connectivity index (χ2n) is 6.14. The van der Waals surface area contributed by atoms with E-state index in [2.05, 4.69) is 29.5 Å². The smallest absolute Gasteiger partial charge is 0.315 e. The molecule has 0 aromatic carbocycles. The van der Waals surface area contributed by atoms with Crippen LogP contribution in [0, 0.1) is 0 Å². The number of nitrogens with one attached hydrogen (secondary N) is 2. The standard InChI is InChI=1S/C16H25N3O3/c1-16(2)8-4-5-14(22-16)11-19-15(20)18-9-12-6-7-13(21-3)10-17-12/h6-7,10,14H,4-5,8-9,11H2,1-3H3,(H2,18,19,20). The van der Waals surface area contributed by atoms with E-state index in [1.54, 1.807) is 13.3 Å². The second-order valence-corrected chi connectivity index (χ2v) is 6.14. The molecule has 2 N–H and O–H groups in total. The van der Waals surface area contributed by atoms with Gasteiger partial charge >= 0.3 is 6.03 Å². The molecule has 1 saturated heterocycles. The Bertz CT molecular complexity index is 488. The summed E-state index contributed by atoms with van der Waals surface area (Å²) in [7, 11) is 1.59. The van der Waals surface area contributed by atoms with Gasteiger partial charge in [-0.2, -0.15) is 0 Å². The summed E-state index contributed by atoms with van der Waals surface area (Å²) < 4.78 is 11.0. The molecule has 1 aliphatic rings. The highest BCUT2D eigenvalue weighted by Crippen LogP contribution is 2.27. The molecule has 0 radical (unpaired) electrons. The lowest BCUT2D eigenvalue weighted by Crippen LogP contribution is -2.44. The Labute approximate surface area is 131 Å². The molecule has 0 aliphatic carbocycles. The van der Waals surface area contributed by atoms with Crippen molar-refractivity contribution in [3.63, 3.8) is 0 Å². The van der Waals surface area contributed by atoms with Crippen LogP contribution in [0.2, 0.25) is 0 Å². The number of hydrogen-bond donors (Lipinski definition) is 2. The molecule has 6 heteroatoms. The van der Waals surface area contributed by atoms with E-state index in [1.165, 1.54) is 0 Å². The summed E-state index contributed by atoms with van der Waals surface area (Å²) in [4.78, 5) is 16.0. The number of carbonyl (C=O) groups is 1. The number of ether oxygens (including phenoxy) is 2. The van der Waals surface area contributed by atoms with Crippen LogP contribution < -0.4 is 15.4 Å². The first-order valence-corrected chi connectivity index (χ1v) is 7.67. The van der Waals surface area contributed by atoms with Crippen molar-refractivity contribution in [1.29, 1.82) is 0 Å². The quantitative estimate of drug-likeness (QED) is 0.875. The SMILES string of the molecule is COc1ccc(CNC(=O)NCC2CCCC(C)(C)O2)nc1. The van der Waals surface area contributed by atoms with Crippen molar-refractivity contribution < 1.29 is 14.3 Å². The monoisotopic (exact) mass is 307 g/mol. The Morgan fingerprint density at radius 1 is 1.45 bits per heavy atom. The number of rotatable bonds is 5. The van der Waals surface area contributed by atoms with Crippen molar-refractivity contribution in [2.75, 3.05) is 13.7 Å². The summed E-state index contributed by atoms with van der Waals surface area (Å²) in [6.45, 7) is 5.10. The zero-order chi connectivity index (χ0) is 16.0. The third kappa shape index (κ3) is 5.18. The molecule has 0 saturated carbocycles. The predicted molar refractivity (Wildman–Crippen MR) is 83.8 cm³/mol. The first-order valence-electron chi connectivity index (χ1n) is 7.67. The number of methoxy groups -OCH3 is 1. The third-order valence-electron chi connectivity index (χ3n) is 3.74. The van der Waals surface area contributed by atoms with Crippen molar-refractivity contribution in [2.24, 2.45) is 0 Å². The van der Waals surface area contributed by atoms with Crippen LogP contribution in [0.15, 0.2) is 18.3 Å². The van der Waals surface area contributed by atoms with Crippen molar-refractivity contribution in [3.8, 4) is 5.75 Å². The third-order valence-corrected chi connectivity index (χ3v) is 3.74. The zero-order valence-electron chi connectivity index (χ0n) is 13.5. The first-order chi connectivity index (χ1) is 10.5.